The van der Waals surface area contributed by atoms with Crippen LogP contribution in [0.4, 0.5) is 22.0 Å². The molecule has 0 N–H and O–H groups in total. The number of halogens is 5. The van der Waals surface area contributed by atoms with Crippen LogP contribution in [0, 0.1) is 23.4 Å². The van der Waals surface area contributed by atoms with Crippen molar-refractivity contribution in [3.05, 3.63) is 66.0 Å². The van der Waals surface area contributed by atoms with Gasteiger partial charge in [-0.25, -0.2) is 8.78 Å². The van der Waals surface area contributed by atoms with Gasteiger partial charge in [-0.2, -0.15) is 13.2 Å². The number of alkyl halides is 2. The molecule has 2 aromatic carbocycles. The topological polar surface area (TPSA) is 18.5 Å². The molecule has 180 valence electrons. The van der Waals surface area contributed by atoms with E-state index in [1.165, 1.54) is 12.1 Å². The fourth-order valence-corrected chi connectivity index (χ4v) is 4.20. The standard InChI is InChI=1S/C26H29F5O2/c1-3-5-17-7-11-20(12-8-17)32-16-26(30,31)33-23-14-13-21(24(28)25(23)29)19-10-9-18(6-4-2)22(27)15-19/h3,9-10,13-15,17,20H,1,4-8,11-12,16H2,2H3. The fraction of sp³-hybridized carbons (Fsp3) is 0.462. The second-order valence-corrected chi connectivity index (χ2v) is 8.51. The van der Waals surface area contributed by atoms with Crippen molar-refractivity contribution in [3.8, 4) is 16.9 Å². The Morgan fingerprint density at radius 1 is 1.03 bits per heavy atom. The summed E-state index contributed by atoms with van der Waals surface area (Å²) >= 11 is 0. The molecule has 0 bridgehead atoms. The maximum absolute atomic E-state index is 14.6. The van der Waals surface area contributed by atoms with E-state index in [0.717, 1.165) is 43.9 Å². The molecule has 2 aromatic rings. The highest BCUT2D eigenvalue weighted by atomic mass is 19.3. The summed E-state index contributed by atoms with van der Waals surface area (Å²) < 4.78 is 81.6. The number of hydrogen-bond donors (Lipinski definition) is 0. The van der Waals surface area contributed by atoms with Gasteiger partial charge in [0.05, 0.1) is 6.10 Å². The van der Waals surface area contributed by atoms with E-state index in [9.17, 15) is 22.0 Å². The second-order valence-electron chi connectivity index (χ2n) is 8.51. The third-order valence-electron chi connectivity index (χ3n) is 5.97. The van der Waals surface area contributed by atoms with Crippen LogP contribution in [0.3, 0.4) is 0 Å². The van der Waals surface area contributed by atoms with Crippen molar-refractivity contribution in [1.29, 1.82) is 0 Å². The molecule has 1 aliphatic carbocycles. The van der Waals surface area contributed by atoms with Gasteiger partial charge in [-0.05, 0) is 73.8 Å². The molecule has 0 saturated heterocycles. The first-order valence-electron chi connectivity index (χ1n) is 11.3. The summed E-state index contributed by atoms with van der Waals surface area (Å²) in [6, 6.07) is 6.10. The fourth-order valence-electron chi connectivity index (χ4n) is 4.20. The van der Waals surface area contributed by atoms with Crippen LogP contribution in [0.15, 0.2) is 43.0 Å². The maximum Gasteiger partial charge on any atom is 0.422 e. The van der Waals surface area contributed by atoms with Gasteiger partial charge in [-0.3, -0.25) is 0 Å². The largest absolute Gasteiger partial charge is 0.428 e. The molecule has 2 nitrogen and oxygen atoms in total. The van der Waals surface area contributed by atoms with Gasteiger partial charge < -0.3 is 9.47 Å². The maximum atomic E-state index is 14.6. The van der Waals surface area contributed by atoms with Crippen LogP contribution in [-0.2, 0) is 11.2 Å². The quantitative estimate of drug-likeness (QED) is 0.261. The molecule has 0 unspecified atom stereocenters. The van der Waals surface area contributed by atoms with E-state index >= 15 is 0 Å². The first-order chi connectivity index (χ1) is 15.7. The van der Waals surface area contributed by atoms with Crippen molar-refractivity contribution >= 4 is 0 Å². The monoisotopic (exact) mass is 468 g/mol. The van der Waals surface area contributed by atoms with Crippen molar-refractivity contribution in [3.63, 3.8) is 0 Å². The van der Waals surface area contributed by atoms with Crippen molar-refractivity contribution in [1.82, 2.24) is 0 Å². The van der Waals surface area contributed by atoms with E-state index < -0.39 is 35.9 Å². The van der Waals surface area contributed by atoms with E-state index in [1.807, 2.05) is 13.0 Å². The SMILES string of the molecule is C=CCC1CCC(OCC(F)(F)Oc2ccc(-c3ccc(CCC)c(F)c3)c(F)c2F)CC1. The van der Waals surface area contributed by atoms with Gasteiger partial charge in [0.25, 0.3) is 0 Å². The number of ether oxygens (including phenoxy) is 2. The predicted octanol–water partition coefficient (Wildman–Crippen LogP) is 7.85. The third kappa shape index (κ3) is 6.56. The van der Waals surface area contributed by atoms with Crippen LogP contribution in [0.2, 0.25) is 0 Å². The number of allylic oxidation sites excluding steroid dienone is 1. The molecule has 0 amide bonds. The molecule has 3 rings (SSSR count). The first-order valence-corrected chi connectivity index (χ1v) is 11.3. The van der Waals surface area contributed by atoms with Crippen molar-refractivity contribution in [2.45, 2.75) is 64.1 Å². The van der Waals surface area contributed by atoms with Gasteiger partial charge in [0.15, 0.2) is 18.2 Å². The lowest BCUT2D eigenvalue weighted by Crippen LogP contribution is -2.34. The molecular formula is C26H29F5O2. The molecule has 1 saturated carbocycles. The molecule has 0 heterocycles. The highest BCUT2D eigenvalue weighted by Gasteiger charge is 2.36. The Morgan fingerprint density at radius 3 is 2.39 bits per heavy atom. The summed E-state index contributed by atoms with van der Waals surface area (Å²) in [4.78, 5) is 0. The van der Waals surface area contributed by atoms with Crippen molar-refractivity contribution in [2.24, 2.45) is 5.92 Å². The molecule has 7 heteroatoms. The van der Waals surface area contributed by atoms with E-state index in [-0.39, 0.29) is 17.2 Å². The molecular weight excluding hydrogens is 439 g/mol. The molecule has 0 radical (unpaired) electrons. The van der Waals surface area contributed by atoms with Gasteiger partial charge in [-0.15, -0.1) is 6.58 Å². The zero-order valence-electron chi connectivity index (χ0n) is 18.7. The minimum absolute atomic E-state index is 0.109. The molecule has 1 aliphatic rings. The Hall–Kier alpha value is -2.41. The van der Waals surface area contributed by atoms with Gasteiger partial charge in [0.2, 0.25) is 5.82 Å². The summed E-state index contributed by atoms with van der Waals surface area (Å²) in [5.41, 5.74) is 0.339. The molecule has 33 heavy (non-hydrogen) atoms. The Balaban J connectivity index is 1.64. The van der Waals surface area contributed by atoms with Crippen molar-refractivity contribution < 1.29 is 31.4 Å². The average Bonchev–Trinajstić information content (AvgIpc) is 2.78. The average molecular weight is 469 g/mol. The summed E-state index contributed by atoms with van der Waals surface area (Å²) in [6.45, 7) is 4.55. The highest BCUT2D eigenvalue weighted by molar-refractivity contribution is 5.65. The Kier molecular flexibility index (Phi) is 8.51. The van der Waals surface area contributed by atoms with E-state index in [1.54, 1.807) is 0 Å². The minimum Gasteiger partial charge on any atom is -0.428 e. The summed E-state index contributed by atoms with van der Waals surface area (Å²) in [7, 11) is 0. The number of aryl methyl sites for hydroxylation is 1. The predicted molar refractivity (Wildman–Crippen MR) is 118 cm³/mol. The minimum atomic E-state index is -3.83. The number of rotatable bonds is 10. The highest BCUT2D eigenvalue weighted by Crippen LogP contribution is 2.34. The Labute approximate surface area is 191 Å². The zero-order chi connectivity index (χ0) is 24.0. The van der Waals surface area contributed by atoms with Crippen LogP contribution in [0.25, 0.3) is 11.1 Å². The Bertz CT molecular complexity index is 952. The lowest BCUT2D eigenvalue weighted by molar-refractivity contribution is -0.223. The van der Waals surface area contributed by atoms with Crippen LogP contribution in [0.1, 0.15) is 51.0 Å². The smallest absolute Gasteiger partial charge is 0.422 e. The van der Waals surface area contributed by atoms with Crippen molar-refractivity contribution in [2.75, 3.05) is 6.61 Å². The summed E-state index contributed by atoms with van der Waals surface area (Å²) in [5.74, 6) is -3.91. The zero-order valence-corrected chi connectivity index (χ0v) is 18.7. The lowest BCUT2D eigenvalue weighted by Gasteiger charge is -2.29. The number of hydrogen-bond acceptors (Lipinski definition) is 2. The molecule has 0 spiro atoms. The molecule has 1 fully saturated rings. The summed E-state index contributed by atoms with van der Waals surface area (Å²) in [6.07, 6.45) is 2.88. The van der Waals surface area contributed by atoms with Crippen LogP contribution in [-0.4, -0.2) is 18.8 Å². The summed E-state index contributed by atoms with van der Waals surface area (Å²) in [5, 5.41) is 0. The van der Waals surface area contributed by atoms with Gasteiger partial charge >= 0.3 is 6.11 Å². The molecule has 0 aromatic heterocycles. The lowest BCUT2D eigenvalue weighted by atomic mass is 9.85. The normalized spacial score (nSPS) is 18.8. The van der Waals surface area contributed by atoms with Crippen LogP contribution < -0.4 is 4.74 Å². The Morgan fingerprint density at radius 2 is 1.76 bits per heavy atom. The van der Waals surface area contributed by atoms with Gasteiger partial charge in [-0.1, -0.05) is 31.6 Å². The van der Waals surface area contributed by atoms with Gasteiger partial charge in [0.1, 0.15) is 5.82 Å². The molecule has 0 aliphatic heterocycles. The van der Waals surface area contributed by atoms with E-state index in [4.69, 9.17) is 4.74 Å². The second kappa shape index (κ2) is 11.1. The molecule has 0 atom stereocenters. The third-order valence-corrected chi connectivity index (χ3v) is 5.97. The van der Waals surface area contributed by atoms with Crippen LogP contribution in [0.5, 0.6) is 5.75 Å². The van der Waals surface area contributed by atoms with Gasteiger partial charge in [0, 0.05) is 5.56 Å². The van der Waals surface area contributed by atoms with E-state index in [0.29, 0.717) is 30.7 Å². The number of benzene rings is 2. The van der Waals surface area contributed by atoms with Crippen LogP contribution >= 0.6 is 0 Å². The first kappa shape index (κ1) is 25.2. The van der Waals surface area contributed by atoms with E-state index in [2.05, 4.69) is 11.3 Å².